The molecule has 3 amide bonds. The monoisotopic (exact) mass is 409 g/mol. The number of imide groups is 1. The Kier molecular flexibility index (Phi) is 6.52. The highest BCUT2D eigenvalue weighted by Crippen LogP contribution is 2.25. The van der Waals surface area contributed by atoms with Crippen LogP contribution in [0, 0.1) is 0 Å². The number of hydrogen-bond donors (Lipinski definition) is 0. The van der Waals surface area contributed by atoms with Crippen molar-refractivity contribution in [2.24, 2.45) is 0 Å². The van der Waals surface area contributed by atoms with Crippen LogP contribution >= 0.6 is 23.2 Å². The lowest BCUT2D eigenvalue weighted by Crippen LogP contribution is -2.50. The van der Waals surface area contributed by atoms with Gasteiger partial charge < -0.3 is 4.90 Å². The molecule has 0 aliphatic carbocycles. The van der Waals surface area contributed by atoms with Crippen LogP contribution in [0.15, 0.2) is 24.3 Å². The summed E-state index contributed by atoms with van der Waals surface area (Å²) in [6.07, 6.45) is 3.78. The van der Waals surface area contributed by atoms with Crippen molar-refractivity contribution in [3.63, 3.8) is 0 Å². The quantitative estimate of drug-likeness (QED) is 0.552. The van der Waals surface area contributed by atoms with E-state index in [0.29, 0.717) is 67.7 Å². The molecule has 27 heavy (non-hydrogen) atoms. The maximum atomic E-state index is 12.4. The van der Waals surface area contributed by atoms with E-state index >= 15 is 0 Å². The molecule has 2 aliphatic rings. The van der Waals surface area contributed by atoms with Crippen molar-refractivity contribution in [1.29, 1.82) is 0 Å². The lowest BCUT2D eigenvalue weighted by atomic mass is 10.2. The number of rotatable bonds is 5. The average molecular weight is 410 g/mol. The topological polar surface area (TPSA) is 60.9 Å². The maximum absolute atomic E-state index is 12.4. The van der Waals surface area contributed by atoms with Gasteiger partial charge in [-0.05, 0) is 18.2 Å². The summed E-state index contributed by atoms with van der Waals surface area (Å²) in [5.41, 5.74) is 0.632. The molecular weight excluding hydrogens is 389 g/mol. The van der Waals surface area contributed by atoms with Crippen LogP contribution in [0.25, 0.3) is 6.08 Å². The number of nitrogens with zero attached hydrogens (tertiary/aromatic N) is 3. The van der Waals surface area contributed by atoms with Crippen molar-refractivity contribution in [2.45, 2.75) is 12.8 Å². The highest BCUT2D eigenvalue weighted by Gasteiger charge is 2.29. The van der Waals surface area contributed by atoms with E-state index in [0.717, 1.165) is 0 Å². The molecule has 0 spiro atoms. The normalized spacial score (nSPS) is 18.7. The van der Waals surface area contributed by atoms with Crippen molar-refractivity contribution in [3.05, 3.63) is 39.9 Å². The van der Waals surface area contributed by atoms with Gasteiger partial charge in [0.25, 0.3) is 0 Å². The molecule has 2 saturated heterocycles. The first-order valence-electron chi connectivity index (χ1n) is 8.92. The van der Waals surface area contributed by atoms with Crippen LogP contribution in [-0.2, 0) is 14.4 Å². The third-order valence-electron chi connectivity index (χ3n) is 4.87. The summed E-state index contributed by atoms with van der Waals surface area (Å²) in [4.78, 5) is 40.9. The predicted molar refractivity (Wildman–Crippen MR) is 104 cm³/mol. The maximum Gasteiger partial charge on any atom is 0.246 e. The van der Waals surface area contributed by atoms with Gasteiger partial charge in [-0.1, -0.05) is 29.3 Å². The molecule has 3 rings (SSSR count). The predicted octanol–water partition coefficient (Wildman–Crippen LogP) is 2.30. The van der Waals surface area contributed by atoms with E-state index in [-0.39, 0.29) is 17.7 Å². The fourth-order valence-electron chi connectivity index (χ4n) is 3.24. The number of carbonyl (C=O) groups excluding carboxylic acids is 3. The fraction of sp³-hybridized carbons (Fsp3) is 0.421. The lowest BCUT2D eigenvalue weighted by molar-refractivity contribution is -0.138. The van der Waals surface area contributed by atoms with Gasteiger partial charge >= 0.3 is 0 Å². The number of amides is 3. The van der Waals surface area contributed by atoms with Gasteiger partial charge in [0, 0.05) is 73.8 Å². The molecule has 0 N–H and O–H groups in total. The van der Waals surface area contributed by atoms with Crippen molar-refractivity contribution in [1.82, 2.24) is 14.7 Å². The summed E-state index contributed by atoms with van der Waals surface area (Å²) < 4.78 is 0. The standard InChI is InChI=1S/C19H21Cl2N3O3/c20-15-2-1-3-16(21)14(15)4-5-17(25)23-11-8-22(9-12-23)10-13-24-18(26)6-7-19(24)27/h1-5H,6-13H2/b5-4+. The molecular formula is C19H21Cl2N3O3. The zero-order valence-corrected chi connectivity index (χ0v) is 16.4. The highest BCUT2D eigenvalue weighted by molar-refractivity contribution is 6.37. The largest absolute Gasteiger partial charge is 0.337 e. The van der Waals surface area contributed by atoms with Crippen LogP contribution in [0.5, 0.6) is 0 Å². The Morgan fingerprint density at radius 1 is 0.963 bits per heavy atom. The van der Waals surface area contributed by atoms with Gasteiger partial charge in [-0.15, -0.1) is 0 Å². The van der Waals surface area contributed by atoms with E-state index in [9.17, 15) is 14.4 Å². The Hall–Kier alpha value is -1.89. The Morgan fingerprint density at radius 3 is 2.15 bits per heavy atom. The summed E-state index contributed by atoms with van der Waals surface area (Å²) in [6, 6.07) is 5.21. The molecule has 0 unspecified atom stereocenters. The van der Waals surface area contributed by atoms with E-state index in [1.165, 1.54) is 11.0 Å². The summed E-state index contributed by atoms with van der Waals surface area (Å²) in [5, 5.41) is 1.00. The Labute approximate surface area is 168 Å². The second-order valence-corrected chi connectivity index (χ2v) is 7.39. The molecule has 0 aromatic heterocycles. The minimum atomic E-state index is -0.0875. The first kappa shape index (κ1) is 19.9. The number of carbonyl (C=O) groups is 3. The van der Waals surface area contributed by atoms with Gasteiger partial charge in [0.1, 0.15) is 0 Å². The van der Waals surface area contributed by atoms with Crippen LogP contribution in [0.1, 0.15) is 18.4 Å². The van der Waals surface area contributed by atoms with Crippen molar-refractivity contribution in [2.75, 3.05) is 39.3 Å². The van der Waals surface area contributed by atoms with E-state index < -0.39 is 0 Å². The molecule has 144 valence electrons. The number of benzene rings is 1. The Balaban J connectivity index is 1.47. The van der Waals surface area contributed by atoms with E-state index in [4.69, 9.17) is 23.2 Å². The number of piperazine rings is 1. The second kappa shape index (κ2) is 8.87. The van der Waals surface area contributed by atoms with Gasteiger partial charge in [-0.2, -0.15) is 0 Å². The Bertz CT molecular complexity index is 737. The minimum absolute atomic E-state index is 0.0859. The molecule has 2 aliphatic heterocycles. The summed E-state index contributed by atoms with van der Waals surface area (Å²) >= 11 is 12.2. The molecule has 0 saturated carbocycles. The van der Waals surface area contributed by atoms with Gasteiger partial charge in [0.05, 0.1) is 0 Å². The molecule has 0 bridgehead atoms. The Morgan fingerprint density at radius 2 is 1.56 bits per heavy atom. The van der Waals surface area contributed by atoms with Gasteiger partial charge in [-0.3, -0.25) is 24.2 Å². The minimum Gasteiger partial charge on any atom is -0.337 e. The van der Waals surface area contributed by atoms with Crippen LogP contribution < -0.4 is 0 Å². The number of hydrogen-bond acceptors (Lipinski definition) is 4. The molecule has 1 aromatic carbocycles. The molecule has 2 heterocycles. The smallest absolute Gasteiger partial charge is 0.246 e. The average Bonchev–Trinajstić information content (AvgIpc) is 2.97. The molecule has 2 fully saturated rings. The highest BCUT2D eigenvalue weighted by atomic mass is 35.5. The zero-order valence-electron chi connectivity index (χ0n) is 14.9. The number of halogens is 2. The zero-order chi connectivity index (χ0) is 19.4. The van der Waals surface area contributed by atoms with E-state index in [1.807, 2.05) is 0 Å². The second-order valence-electron chi connectivity index (χ2n) is 6.57. The van der Waals surface area contributed by atoms with E-state index in [2.05, 4.69) is 4.90 Å². The van der Waals surface area contributed by atoms with Crippen molar-refractivity contribution in [3.8, 4) is 0 Å². The SMILES string of the molecule is O=C(/C=C/c1c(Cl)cccc1Cl)N1CCN(CCN2C(=O)CCC2=O)CC1. The van der Waals surface area contributed by atoms with Crippen molar-refractivity contribution >= 4 is 47.0 Å². The van der Waals surface area contributed by atoms with Gasteiger partial charge in [0.2, 0.25) is 17.7 Å². The van der Waals surface area contributed by atoms with Gasteiger partial charge in [0.15, 0.2) is 0 Å². The molecule has 8 heteroatoms. The summed E-state index contributed by atoms with van der Waals surface area (Å²) in [5.74, 6) is -0.259. The molecule has 1 aromatic rings. The van der Waals surface area contributed by atoms with Crippen LogP contribution in [0.2, 0.25) is 10.0 Å². The summed E-state index contributed by atoms with van der Waals surface area (Å²) in [7, 11) is 0. The summed E-state index contributed by atoms with van der Waals surface area (Å²) in [6.45, 7) is 3.69. The first-order valence-corrected chi connectivity index (χ1v) is 9.68. The molecule has 0 atom stereocenters. The first-order chi connectivity index (χ1) is 13.0. The number of likely N-dealkylation sites (tertiary alicyclic amines) is 1. The van der Waals surface area contributed by atoms with Crippen molar-refractivity contribution < 1.29 is 14.4 Å². The van der Waals surface area contributed by atoms with E-state index in [1.54, 1.807) is 29.2 Å². The van der Waals surface area contributed by atoms with Gasteiger partial charge in [-0.25, -0.2) is 0 Å². The third kappa shape index (κ3) is 4.89. The van der Waals surface area contributed by atoms with Crippen LogP contribution in [-0.4, -0.2) is 71.7 Å². The molecule has 6 nitrogen and oxygen atoms in total. The van der Waals surface area contributed by atoms with Crippen LogP contribution in [0.4, 0.5) is 0 Å². The molecule has 0 radical (unpaired) electrons. The lowest BCUT2D eigenvalue weighted by Gasteiger charge is -2.34. The third-order valence-corrected chi connectivity index (χ3v) is 5.53. The fourth-order valence-corrected chi connectivity index (χ4v) is 3.76. The van der Waals surface area contributed by atoms with Crippen LogP contribution in [0.3, 0.4) is 0 Å².